The van der Waals surface area contributed by atoms with Crippen molar-refractivity contribution in [3.63, 3.8) is 0 Å². The Morgan fingerprint density at radius 2 is 2.17 bits per heavy atom. The molecule has 3 rings (SSSR count). The number of carbonyl (C=O) groups excluding carboxylic acids is 1. The number of fused-ring (bicyclic) bond motifs is 1. The Kier molecular flexibility index (Phi) is 4.31. The van der Waals surface area contributed by atoms with Crippen LogP contribution in [-0.4, -0.2) is 30.5 Å². The van der Waals surface area contributed by atoms with Crippen molar-refractivity contribution in [1.29, 1.82) is 0 Å². The van der Waals surface area contributed by atoms with Crippen LogP contribution in [0, 0.1) is 6.92 Å². The maximum atomic E-state index is 12.5. The smallest absolute Gasteiger partial charge is 0.283 e. The lowest BCUT2D eigenvalue weighted by Crippen LogP contribution is -2.36. The number of hydrogen-bond donors (Lipinski definition) is 1. The van der Waals surface area contributed by atoms with Crippen molar-refractivity contribution in [1.82, 2.24) is 14.3 Å². The number of aromatic nitrogens is 2. The van der Waals surface area contributed by atoms with E-state index in [1.54, 1.807) is 29.7 Å². The summed E-state index contributed by atoms with van der Waals surface area (Å²) in [7, 11) is -4.00. The van der Waals surface area contributed by atoms with Crippen molar-refractivity contribution >= 4 is 15.9 Å². The lowest BCUT2D eigenvalue weighted by Gasteiger charge is -2.24. The standard InChI is InChI=1S/C16H19N3O4S/c1-3-19-10-15(17-11(19)2)24(21,22)18-16(20)13-8-9-23-14-7-5-4-6-12(13)14/h4-7,10,13H,3,8-9H2,1-2H3,(H,18,20)/t13-/m0/s1. The van der Waals surface area contributed by atoms with E-state index >= 15 is 0 Å². The Morgan fingerprint density at radius 3 is 2.88 bits per heavy atom. The average molecular weight is 349 g/mol. The summed E-state index contributed by atoms with van der Waals surface area (Å²) in [6.07, 6.45) is 1.86. The van der Waals surface area contributed by atoms with Gasteiger partial charge in [0.2, 0.25) is 5.91 Å². The number of nitrogens with zero attached hydrogens (tertiary/aromatic N) is 2. The van der Waals surface area contributed by atoms with Gasteiger partial charge in [0, 0.05) is 18.3 Å². The van der Waals surface area contributed by atoms with Crippen LogP contribution < -0.4 is 9.46 Å². The van der Waals surface area contributed by atoms with E-state index in [0.29, 0.717) is 36.7 Å². The summed E-state index contributed by atoms with van der Waals surface area (Å²) in [6, 6.07) is 7.17. The lowest BCUT2D eigenvalue weighted by molar-refractivity contribution is -0.121. The molecule has 2 heterocycles. The fourth-order valence-corrected chi connectivity index (χ4v) is 3.83. The molecule has 1 N–H and O–H groups in total. The molecule has 0 radical (unpaired) electrons. The first kappa shape index (κ1) is 16.5. The third-order valence-corrected chi connectivity index (χ3v) is 5.30. The molecule has 0 aliphatic carbocycles. The van der Waals surface area contributed by atoms with Gasteiger partial charge in [-0.1, -0.05) is 18.2 Å². The van der Waals surface area contributed by atoms with E-state index in [-0.39, 0.29) is 5.03 Å². The van der Waals surface area contributed by atoms with E-state index < -0.39 is 21.8 Å². The molecule has 1 aliphatic heterocycles. The summed E-state index contributed by atoms with van der Waals surface area (Å²) >= 11 is 0. The van der Waals surface area contributed by atoms with Gasteiger partial charge in [0.05, 0.1) is 12.5 Å². The van der Waals surface area contributed by atoms with E-state index in [1.165, 1.54) is 6.20 Å². The minimum Gasteiger partial charge on any atom is -0.493 e. The Bertz CT molecular complexity index is 873. The Balaban J connectivity index is 1.84. The molecule has 1 amide bonds. The van der Waals surface area contributed by atoms with E-state index in [2.05, 4.69) is 9.71 Å². The highest BCUT2D eigenvalue weighted by atomic mass is 32.2. The van der Waals surface area contributed by atoms with E-state index in [0.717, 1.165) is 0 Å². The maximum Gasteiger partial charge on any atom is 0.283 e. The van der Waals surface area contributed by atoms with Crippen LogP contribution in [0.4, 0.5) is 0 Å². The first-order valence-electron chi connectivity index (χ1n) is 7.74. The minimum absolute atomic E-state index is 0.143. The van der Waals surface area contributed by atoms with Crippen molar-refractivity contribution in [2.24, 2.45) is 0 Å². The first-order valence-corrected chi connectivity index (χ1v) is 9.23. The highest BCUT2D eigenvalue weighted by Gasteiger charge is 2.31. The van der Waals surface area contributed by atoms with Gasteiger partial charge in [-0.25, -0.2) is 9.71 Å². The number of sulfonamides is 1. The van der Waals surface area contributed by atoms with Crippen LogP contribution in [0.15, 0.2) is 35.5 Å². The van der Waals surface area contributed by atoms with Crippen molar-refractivity contribution in [2.45, 2.75) is 37.8 Å². The number of hydrogen-bond acceptors (Lipinski definition) is 5. The first-order chi connectivity index (χ1) is 11.4. The molecule has 0 unspecified atom stereocenters. The molecule has 2 aromatic rings. The number of nitrogens with one attached hydrogen (secondary N) is 1. The quantitative estimate of drug-likeness (QED) is 0.905. The Labute approximate surface area is 140 Å². The third kappa shape index (κ3) is 3.01. The average Bonchev–Trinajstić information content (AvgIpc) is 2.95. The predicted molar refractivity (Wildman–Crippen MR) is 87.3 cm³/mol. The highest BCUT2D eigenvalue weighted by Crippen LogP contribution is 2.33. The van der Waals surface area contributed by atoms with Gasteiger partial charge in [-0.05, 0) is 26.3 Å². The SMILES string of the molecule is CCn1cc(S(=O)(=O)NC(=O)[C@H]2CCOc3ccccc32)nc1C. The lowest BCUT2D eigenvalue weighted by atomic mass is 9.93. The molecule has 1 atom stereocenters. The Hall–Kier alpha value is -2.35. The predicted octanol–water partition coefficient (Wildman–Crippen LogP) is 1.58. The van der Waals surface area contributed by atoms with E-state index in [9.17, 15) is 13.2 Å². The van der Waals surface area contributed by atoms with Crippen LogP contribution in [0.5, 0.6) is 5.75 Å². The molecular formula is C16H19N3O4S. The van der Waals surface area contributed by atoms with Crippen molar-refractivity contribution < 1.29 is 17.9 Å². The molecule has 128 valence electrons. The van der Waals surface area contributed by atoms with Crippen LogP contribution in [-0.2, 0) is 21.4 Å². The van der Waals surface area contributed by atoms with Crippen molar-refractivity contribution in [3.8, 4) is 5.75 Å². The Morgan fingerprint density at radius 1 is 1.42 bits per heavy atom. The fourth-order valence-electron chi connectivity index (χ4n) is 2.80. The molecular weight excluding hydrogens is 330 g/mol. The molecule has 0 saturated carbocycles. The zero-order chi connectivity index (χ0) is 17.3. The maximum absolute atomic E-state index is 12.5. The highest BCUT2D eigenvalue weighted by molar-refractivity contribution is 7.90. The van der Waals surface area contributed by atoms with Crippen LogP contribution >= 0.6 is 0 Å². The summed E-state index contributed by atoms with van der Waals surface area (Å²) < 4.78 is 34.2. The number of benzene rings is 1. The molecule has 0 saturated heterocycles. The summed E-state index contributed by atoms with van der Waals surface area (Å²) in [5.74, 6) is 0.0858. The number of para-hydroxylation sites is 1. The van der Waals surface area contributed by atoms with Gasteiger partial charge < -0.3 is 9.30 Å². The molecule has 1 aromatic heterocycles. The second kappa shape index (κ2) is 6.27. The van der Waals surface area contributed by atoms with Crippen LogP contribution in [0.25, 0.3) is 0 Å². The molecule has 1 aliphatic rings. The molecule has 0 fully saturated rings. The topological polar surface area (TPSA) is 90.3 Å². The molecule has 0 bridgehead atoms. The van der Waals surface area contributed by atoms with Crippen LogP contribution in [0.1, 0.15) is 30.7 Å². The summed E-state index contributed by atoms with van der Waals surface area (Å²) in [5.41, 5.74) is 0.701. The number of aryl methyl sites for hydroxylation is 2. The van der Waals surface area contributed by atoms with Gasteiger partial charge in [-0.3, -0.25) is 4.79 Å². The molecule has 8 heteroatoms. The molecule has 7 nitrogen and oxygen atoms in total. The van der Waals surface area contributed by atoms with Gasteiger partial charge in [-0.2, -0.15) is 8.42 Å². The number of rotatable bonds is 4. The largest absolute Gasteiger partial charge is 0.493 e. The van der Waals surface area contributed by atoms with Crippen LogP contribution in [0.2, 0.25) is 0 Å². The molecule has 1 aromatic carbocycles. The van der Waals surface area contributed by atoms with Crippen molar-refractivity contribution in [2.75, 3.05) is 6.61 Å². The summed E-state index contributed by atoms with van der Waals surface area (Å²) in [6.45, 7) is 4.59. The van der Waals surface area contributed by atoms with Gasteiger partial charge >= 0.3 is 0 Å². The minimum atomic E-state index is -4.00. The normalized spacial score (nSPS) is 17.0. The van der Waals surface area contributed by atoms with E-state index in [1.807, 2.05) is 13.0 Å². The van der Waals surface area contributed by atoms with Gasteiger partial charge in [0.1, 0.15) is 11.6 Å². The second-order valence-corrected chi connectivity index (χ2v) is 7.24. The number of imidazole rings is 1. The summed E-state index contributed by atoms with van der Waals surface area (Å²) in [4.78, 5) is 16.6. The fraction of sp³-hybridized carbons (Fsp3) is 0.375. The van der Waals surface area contributed by atoms with Gasteiger partial charge in [0.15, 0.2) is 5.03 Å². The van der Waals surface area contributed by atoms with Gasteiger partial charge in [0.25, 0.3) is 10.0 Å². The number of carbonyl (C=O) groups is 1. The van der Waals surface area contributed by atoms with Crippen molar-refractivity contribution in [3.05, 3.63) is 41.9 Å². The zero-order valence-corrected chi connectivity index (χ0v) is 14.3. The van der Waals surface area contributed by atoms with Crippen LogP contribution in [0.3, 0.4) is 0 Å². The molecule has 0 spiro atoms. The zero-order valence-electron chi connectivity index (χ0n) is 13.5. The van der Waals surface area contributed by atoms with E-state index in [4.69, 9.17) is 4.74 Å². The molecule has 24 heavy (non-hydrogen) atoms. The number of ether oxygens (including phenoxy) is 1. The third-order valence-electron chi connectivity index (χ3n) is 4.08. The monoisotopic (exact) mass is 349 g/mol. The second-order valence-electron chi connectivity index (χ2n) is 5.61. The number of amides is 1. The summed E-state index contributed by atoms with van der Waals surface area (Å²) in [5, 5.41) is -0.143. The van der Waals surface area contributed by atoms with Gasteiger partial charge in [-0.15, -0.1) is 0 Å².